The quantitative estimate of drug-likeness (QED) is 0.741. The van der Waals surface area contributed by atoms with Crippen molar-refractivity contribution in [3.63, 3.8) is 0 Å². The lowest BCUT2D eigenvalue weighted by molar-refractivity contribution is 0.0391. The zero-order valence-electron chi connectivity index (χ0n) is 10.4. The first-order chi connectivity index (χ1) is 8.75. The Balaban J connectivity index is 1.80. The number of nitrogens with zero attached hydrogens (tertiary/aromatic N) is 1. The lowest BCUT2D eigenvalue weighted by atomic mass is 9.83. The molecule has 2 fully saturated rings. The minimum Gasteiger partial charge on any atom is -0.290 e. The molecule has 1 nitrogen and oxygen atoms in total. The Morgan fingerprint density at radius 2 is 1.44 bits per heavy atom. The van der Waals surface area contributed by atoms with Crippen molar-refractivity contribution in [2.24, 2.45) is 0 Å². The van der Waals surface area contributed by atoms with Crippen molar-refractivity contribution in [3.05, 3.63) is 35.9 Å². The highest BCUT2D eigenvalue weighted by Crippen LogP contribution is 2.39. The molecule has 2 heterocycles. The summed E-state index contributed by atoms with van der Waals surface area (Å²) >= 11 is 13.0. The molecule has 0 aliphatic carbocycles. The molecule has 0 saturated carbocycles. The van der Waals surface area contributed by atoms with Crippen LogP contribution in [0.2, 0.25) is 0 Å². The van der Waals surface area contributed by atoms with E-state index in [4.69, 9.17) is 23.2 Å². The Bertz CT molecular complexity index is 377. The summed E-state index contributed by atoms with van der Waals surface area (Å²) in [6.07, 6.45) is 4.52. The first-order valence-electron chi connectivity index (χ1n) is 6.83. The molecule has 2 bridgehead atoms. The van der Waals surface area contributed by atoms with Crippen LogP contribution in [-0.2, 0) is 6.54 Å². The van der Waals surface area contributed by atoms with Crippen LogP contribution in [-0.4, -0.2) is 27.7 Å². The average Bonchev–Trinajstić information content (AvgIpc) is 2.38. The zero-order chi connectivity index (χ0) is 12.5. The molecule has 0 unspecified atom stereocenters. The van der Waals surface area contributed by atoms with E-state index in [0.29, 0.717) is 22.8 Å². The second-order valence-corrected chi connectivity index (χ2v) is 6.60. The highest BCUT2D eigenvalue weighted by molar-refractivity contribution is 6.22. The SMILES string of the molecule is Cl[C@@H]1CC[C@H]2[C@@H](Cl)CC[C@@H]1N2Cc1ccccc1. The third-order valence-corrected chi connectivity index (χ3v) is 5.39. The van der Waals surface area contributed by atoms with Crippen LogP contribution in [0.3, 0.4) is 0 Å². The van der Waals surface area contributed by atoms with E-state index in [1.807, 2.05) is 0 Å². The molecule has 98 valence electrons. The monoisotopic (exact) mass is 283 g/mol. The Morgan fingerprint density at radius 1 is 0.889 bits per heavy atom. The Hall–Kier alpha value is -0.240. The molecular weight excluding hydrogens is 265 g/mol. The molecule has 0 radical (unpaired) electrons. The standard InChI is InChI=1S/C15H19Cl2N/c16-12-6-8-14-13(17)7-9-15(12)18(14)10-11-4-2-1-3-5-11/h1-5,12-15H,6-10H2/t12-,13+,14-,15-/m0/s1. The summed E-state index contributed by atoms with van der Waals surface area (Å²) in [4.78, 5) is 2.55. The maximum atomic E-state index is 6.51. The van der Waals surface area contributed by atoms with Gasteiger partial charge in [0, 0.05) is 29.4 Å². The van der Waals surface area contributed by atoms with Gasteiger partial charge in [-0.25, -0.2) is 0 Å². The van der Waals surface area contributed by atoms with Gasteiger partial charge in [0.05, 0.1) is 0 Å². The zero-order valence-corrected chi connectivity index (χ0v) is 11.9. The first kappa shape index (κ1) is 12.8. The number of rotatable bonds is 2. The van der Waals surface area contributed by atoms with E-state index in [9.17, 15) is 0 Å². The molecule has 0 N–H and O–H groups in total. The fourth-order valence-electron chi connectivity index (χ4n) is 3.43. The summed E-state index contributed by atoms with van der Waals surface area (Å²) in [6, 6.07) is 11.7. The molecule has 2 aliphatic rings. The number of alkyl halides is 2. The van der Waals surface area contributed by atoms with Crippen molar-refractivity contribution in [2.75, 3.05) is 0 Å². The van der Waals surface area contributed by atoms with Gasteiger partial charge in [-0.2, -0.15) is 0 Å². The van der Waals surface area contributed by atoms with Gasteiger partial charge in [0.15, 0.2) is 0 Å². The van der Waals surface area contributed by atoms with Gasteiger partial charge in [0.2, 0.25) is 0 Å². The normalized spacial score (nSPS) is 36.6. The fraction of sp³-hybridized carbons (Fsp3) is 0.600. The van der Waals surface area contributed by atoms with Gasteiger partial charge in [-0.3, -0.25) is 4.90 Å². The van der Waals surface area contributed by atoms with Crippen LogP contribution in [0.1, 0.15) is 31.2 Å². The van der Waals surface area contributed by atoms with E-state index >= 15 is 0 Å². The van der Waals surface area contributed by atoms with Gasteiger partial charge in [-0.05, 0) is 31.2 Å². The molecule has 1 aromatic rings. The summed E-state index contributed by atoms with van der Waals surface area (Å²) < 4.78 is 0. The number of fused-ring (bicyclic) bond motifs is 2. The van der Waals surface area contributed by atoms with Crippen LogP contribution < -0.4 is 0 Å². The van der Waals surface area contributed by atoms with E-state index in [-0.39, 0.29) is 0 Å². The summed E-state index contributed by atoms with van der Waals surface area (Å²) in [5, 5.41) is 0.600. The molecule has 0 amide bonds. The predicted molar refractivity (Wildman–Crippen MR) is 77.3 cm³/mol. The van der Waals surface area contributed by atoms with Crippen LogP contribution in [0.25, 0.3) is 0 Å². The van der Waals surface area contributed by atoms with Gasteiger partial charge < -0.3 is 0 Å². The van der Waals surface area contributed by atoms with Crippen molar-refractivity contribution in [3.8, 4) is 0 Å². The van der Waals surface area contributed by atoms with Crippen molar-refractivity contribution >= 4 is 23.2 Å². The molecular formula is C15H19Cl2N. The van der Waals surface area contributed by atoms with Crippen molar-refractivity contribution in [1.29, 1.82) is 0 Å². The smallest absolute Gasteiger partial charge is 0.0492 e. The topological polar surface area (TPSA) is 3.24 Å². The van der Waals surface area contributed by atoms with Crippen LogP contribution >= 0.6 is 23.2 Å². The lowest BCUT2D eigenvalue weighted by Gasteiger charge is -2.50. The molecule has 2 aliphatic heterocycles. The summed E-state index contributed by atoms with van der Waals surface area (Å²) in [5.41, 5.74) is 1.36. The van der Waals surface area contributed by atoms with Crippen LogP contribution in [0.15, 0.2) is 30.3 Å². The van der Waals surface area contributed by atoms with Crippen molar-refractivity contribution < 1.29 is 0 Å². The maximum Gasteiger partial charge on any atom is 0.0492 e. The lowest BCUT2D eigenvalue weighted by Crippen LogP contribution is -2.57. The minimum atomic E-state index is 0.300. The second-order valence-electron chi connectivity index (χ2n) is 5.48. The molecule has 0 aromatic heterocycles. The molecule has 0 spiro atoms. The highest BCUT2D eigenvalue weighted by Gasteiger charge is 2.42. The fourth-order valence-corrected chi connectivity index (χ4v) is 4.22. The van der Waals surface area contributed by atoms with Crippen molar-refractivity contribution in [1.82, 2.24) is 4.90 Å². The van der Waals surface area contributed by atoms with Crippen LogP contribution in [0.4, 0.5) is 0 Å². The number of halogens is 2. The number of benzene rings is 1. The molecule has 3 heteroatoms. The Morgan fingerprint density at radius 3 is 2.00 bits per heavy atom. The van der Waals surface area contributed by atoms with Gasteiger partial charge >= 0.3 is 0 Å². The first-order valence-corrected chi connectivity index (χ1v) is 7.71. The van der Waals surface area contributed by atoms with Gasteiger partial charge in [-0.15, -0.1) is 23.2 Å². The number of hydrogen-bond donors (Lipinski definition) is 0. The van der Waals surface area contributed by atoms with Gasteiger partial charge in [-0.1, -0.05) is 30.3 Å². The number of hydrogen-bond acceptors (Lipinski definition) is 1. The highest BCUT2D eigenvalue weighted by atomic mass is 35.5. The summed E-state index contributed by atoms with van der Waals surface area (Å²) in [7, 11) is 0. The van der Waals surface area contributed by atoms with Crippen LogP contribution in [0.5, 0.6) is 0 Å². The predicted octanol–water partition coefficient (Wildman–Crippen LogP) is 4.03. The van der Waals surface area contributed by atoms with Crippen LogP contribution in [0, 0.1) is 0 Å². The average molecular weight is 284 g/mol. The van der Waals surface area contributed by atoms with E-state index in [1.54, 1.807) is 0 Å². The van der Waals surface area contributed by atoms with Gasteiger partial charge in [0.25, 0.3) is 0 Å². The molecule has 1 aromatic carbocycles. The van der Waals surface area contributed by atoms with Crippen molar-refractivity contribution in [2.45, 2.75) is 55.1 Å². The van der Waals surface area contributed by atoms with E-state index in [1.165, 1.54) is 5.56 Å². The summed E-state index contributed by atoms with van der Waals surface area (Å²) in [5.74, 6) is 0. The maximum absolute atomic E-state index is 6.51. The summed E-state index contributed by atoms with van der Waals surface area (Å²) in [6.45, 7) is 0.989. The minimum absolute atomic E-state index is 0.300. The Labute approximate surface area is 119 Å². The molecule has 18 heavy (non-hydrogen) atoms. The third kappa shape index (κ3) is 2.41. The number of piperidine rings is 2. The molecule has 2 saturated heterocycles. The van der Waals surface area contributed by atoms with E-state index in [0.717, 1.165) is 32.2 Å². The van der Waals surface area contributed by atoms with Gasteiger partial charge in [0.1, 0.15) is 0 Å². The largest absolute Gasteiger partial charge is 0.290 e. The molecule has 4 atom stereocenters. The van der Waals surface area contributed by atoms with E-state index < -0.39 is 0 Å². The second kappa shape index (κ2) is 5.40. The molecule has 3 rings (SSSR count). The Kier molecular flexibility index (Phi) is 3.83. The third-order valence-electron chi connectivity index (χ3n) is 4.37. The van der Waals surface area contributed by atoms with E-state index in [2.05, 4.69) is 35.2 Å².